The molecule has 2 N–H and O–H groups in total. The van der Waals surface area contributed by atoms with Gasteiger partial charge in [-0.3, -0.25) is 19.3 Å². The first-order valence-electron chi connectivity index (χ1n) is 13.5. The van der Waals surface area contributed by atoms with Crippen molar-refractivity contribution in [3.05, 3.63) is 71.5 Å². The quantitative estimate of drug-likeness (QED) is 0.291. The summed E-state index contributed by atoms with van der Waals surface area (Å²) in [5.41, 5.74) is 1.80. The van der Waals surface area contributed by atoms with Gasteiger partial charge in [-0.05, 0) is 68.5 Å². The van der Waals surface area contributed by atoms with Crippen molar-refractivity contribution in [2.75, 3.05) is 17.3 Å². The summed E-state index contributed by atoms with van der Waals surface area (Å²) in [5, 5.41) is 9.52. The van der Waals surface area contributed by atoms with Crippen molar-refractivity contribution in [3.63, 3.8) is 0 Å². The van der Waals surface area contributed by atoms with E-state index in [0.717, 1.165) is 5.56 Å². The van der Waals surface area contributed by atoms with E-state index >= 15 is 0 Å². The van der Waals surface area contributed by atoms with Crippen LogP contribution in [-0.4, -0.2) is 35.5 Å². The maximum Gasteiger partial charge on any atom is 0.248 e. The molecule has 0 saturated carbocycles. The third-order valence-electron chi connectivity index (χ3n) is 6.85. The van der Waals surface area contributed by atoms with Gasteiger partial charge in [0.15, 0.2) is 5.82 Å². The number of carbonyl (C=O) groups excluding carboxylic acids is 3. The molecule has 3 amide bonds. The van der Waals surface area contributed by atoms with Crippen LogP contribution in [0, 0.1) is 6.92 Å². The Morgan fingerprint density at radius 2 is 1.62 bits per heavy atom. The summed E-state index contributed by atoms with van der Waals surface area (Å²) < 4.78 is 10.3. The van der Waals surface area contributed by atoms with Crippen LogP contribution in [0.1, 0.15) is 82.7 Å². The second kappa shape index (κ2) is 13.3. The minimum absolute atomic E-state index is 0.0945. The maximum atomic E-state index is 13.9. The number of aromatic nitrogens is 1. The zero-order valence-corrected chi connectivity index (χ0v) is 24.4. The summed E-state index contributed by atoms with van der Waals surface area (Å²) in [4.78, 5) is 41.9. The van der Waals surface area contributed by atoms with Crippen LogP contribution in [0.3, 0.4) is 0 Å². The Kier molecular flexibility index (Phi) is 10.1. The normalized spacial score (nSPS) is 12.1. The molecule has 3 rings (SSSR count). The van der Waals surface area contributed by atoms with Crippen LogP contribution in [0.2, 0.25) is 0 Å². The highest BCUT2D eigenvalue weighted by atomic mass is 16.5. The van der Waals surface area contributed by atoms with Gasteiger partial charge in [-0.25, -0.2) is 0 Å². The van der Waals surface area contributed by atoms with Gasteiger partial charge >= 0.3 is 0 Å². The molecule has 1 aromatic heterocycles. The van der Waals surface area contributed by atoms with Gasteiger partial charge < -0.3 is 19.9 Å². The molecule has 9 heteroatoms. The number of nitrogens with one attached hydrogen (secondary N) is 2. The molecule has 0 radical (unpaired) electrons. The minimum atomic E-state index is -0.976. The van der Waals surface area contributed by atoms with Gasteiger partial charge in [0.1, 0.15) is 17.6 Å². The number of aryl methyl sites for hydroxylation is 1. The van der Waals surface area contributed by atoms with E-state index in [1.54, 1.807) is 44.4 Å². The first kappa shape index (κ1) is 30.4. The smallest absolute Gasteiger partial charge is 0.248 e. The van der Waals surface area contributed by atoms with E-state index in [4.69, 9.17) is 9.26 Å². The number of anilines is 2. The fourth-order valence-electron chi connectivity index (χ4n) is 4.12. The molecule has 1 heterocycles. The molecule has 0 spiro atoms. The SMILES string of the molecule is CCC(C)(C)NC(=O)[C@@H](c1ccc(OC)cc1)N(C(=O)CCC(=O)Nc1cc(C)on1)c1ccc(C(C)C)cc1. The number of carbonyl (C=O) groups is 3. The van der Waals surface area contributed by atoms with E-state index in [1.165, 1.54) is 4.90 Å². The Labute approximate surface area is 236 Å². The Bertz CT molecular complexity index is 1300. The third-order valence-corrected chi connectivity index (χ3v) is 6.85. The van der Waals surface area contributed by atoms with Crippen LogP contribution in [0.15, 0.2) is 59.1 Å². The minimum Gasteiger partial charge on any atom is -0.497 e. The number of hydrogen-bond donors (Lipinski definition) is 2. The van der Waals surface area contributed by atoms with Crippen molar-refractivity contribution < 1.29 is 23.6 Å². The topological polar surface area (TPSA) is 114 Å². The molecule has 0 saturated heterocycles. The van der Waals surface area contributed by atoms with Crippen LogP contribution in [0.25, 0.3) is 0 Å². The second-order valence-corrected chi connectivity index (χ2v) is 10.8. The molecule has 40 heavy (non-hydrogen) atoms. The first-order chi connectivity index (χ1) is 18.9. The summed E-state index contributed by atoms with van der Waals surface area (Å²) in [5.74, 6) is 0.715. The van der Waals surface area contributed by atoms with Crippen LogP contribution in [0.4, 0.5) is 11.5 Å². The number of methoxy groups -OCH3 is 1. The van der Waals surface area contributed by atoms with Crippen LogP contribution < -0.4 is 20.3 Å². The lowest BCUT2D eigenvalue weighted by Gasteiger charge is -2.35. The Morgan fingerprint density at radius 1 is 1.00 bits per heavy atom. The molecular weight excluding hydrogens is 508 g/mol. The molecule has 214 valence electrons. The van der Waals surface area contributed by atoms with Gasteiger partial charge in [-0.2, -0.15) is 0 Å². The highest BCUT2D eigenvalue weighted by Crippen LogP contribution is 2.32. The van der Waals surface area contributed by atoms with E-state index in [2.05, 4.69) is 29.6 Å². The maximum absolute atomic E-state index is 13.9. The number of ether oxygens (including phenoxy) is 1. The predicted octanol–water partition coefficient (Wildman–Crippen LogP) is 5.91. The van der Waals surface area contributed by atoms with Crippen molar-refractivity contribution in [2.24, 2.45) is 0 Å². The van der Waals surface area contributed by atoms with Crippen molar-refractivity contribution in [1.29, 1.82) is 0 Å². The molecule has 1 atom stereocenters. The van der Waals surface area contributed by atoms with Crippen LogP contribution in [-0.2, 0) is 14.4 Å². The number of amides is 3. The molecule has 3 aromatic rings. The molecule has 0 aliphatic carbocycles. The lowest BCUT2D eigenvalue weighted by atomic mass is 9.97. The summed E-state index contributed by atoms with van der Waals surface area (Å²) in [7, 11) is 1.57. The van der Waals surface area contributed by atoms with E-state index < -0.39 is 11.6 Å². The second-order valence-electron chi connectivity index (χ2n) is 10.8. The van der Waals surface area contributed by atoms with Gasteiger partial charge in [0.05, 0.1) is 7.11 Å². The standard InChI is InChI=1S/C31H40N4O5/c1-8-31(5,6)33-30(38)29(23-11-15-25(39-7)16-12-23)35(24-13-9-22(10-14-24)20(2)3)28(37)18-17-27(36)32-26-19-21(4)40-34-26/h9-16,19-20,29H,8,17-18H2,1-7H3,(H,33,38)(H,32,34,36)/t29-/m1/s1. The Balaban J connectivity index is 2.00. The molecule has 0 unspecified atom stereocenters. The predicted molar refractivity (Wildman–Crippen MR) is 155 cm³/mol. The van der Waals surface area contributed by atoms with Crippen molar-refractivity contribution in [3.8, 4) is 5.75 Å². The van der Waals surface area contributed by atoms with E-state index in [1.807, 2.05) is 45.0 Å². The lowest BCUT2D eigenvalue weighted by molar-refractivity contribution is -0.128. The van der Waals surface area contributed by atoms with Crippen LogP contribution in [0.5, 0.6) is 5.75 Å². The highest BCUT2D eigenvalue weighted by molar-refractivity contribution is 6.03. The molecule has 0 fully saturated rings. The zero-order valence-electron chi connectivity index (χ0n) is 24.4. The third kappa shape index (κ3) is 7.94. The first-order valence-corrected chi connectivity index (χ1v) is 13.5. The number of nitrogens with zero attached hydrogens (tertiary/aromatic N) is 2. The van der Waals surface area contributed by atoms with Gasteiger partial charge in [0, 0.05) is 30.1 Å². The van der Waals surface area contributed by atoms with Gasteiger partial charge in [0.2, 0.25) is 17.7 Å². The fourth-order valence-corrected chi connectivity index (χ4v) is 4.12. The van der Waals surface area contributed by atoms with Gasteiger partial charge in [-0.1, -0.05) is 50.2 Å². The molecule has 0 bridgehead atoms. The fraction of sp³-hybridized carbons (Fsp3) is 0.419. The van der Waals surface area contributed by atoms with Gasteiger partial charge in [-0.15, -0.1) is 0 Å². The van der Waals surface area contributed by atoms with Gasteiger partial charge in [0.25, 0.3) is 0 Å². The van der Waals surface area contributed by atoms with Crippen molar-refractivity contribution in [2.45, 2.75) is 78.3 Å². The lowest BCUT2D eigenvalue weighted by Crippen LogP contribution is -2.50. The average Bonchev–Trinajstić information content (AvgIpc) is 3.34. The number of rotatable bonds is 12. The van der Waals surface area contributed by atoms with Crippen molar-refractivity contribution >= 4 is 29.2 Å². The molecule has 0 aliphatic rings. The summed E-state index contributed by atoms with van der Waals surface area (Å²) in [6.07, 6.45) is 0.487. The Morgan fingerprint density at radius 3 is 2.15 bits per heavy atom. The summed E-state index contributed by atoms with van der Waals surface area (Å²) >= 11 is 0. The molecular formula is C31H40N4O5. The highest BCUT2D eigenvalue weighted by Gasteiger charge is 2.35. The summed E-state index contributed by atoms with van der Waals surface area (Å²) in [6, 6.07) is 15.3. The largest absolute Gasteiger partial charge is 0.497 e. The van der Waals surface area contributed by atoms with E-state index in [9.17, 15) is 14.4 Å². The molecule has 0 aliphatic heterocycles. The molecule has 9 nitrogen and oxygen atoms in total. The van der Waals surface area contributed by atoms with Crippen molar-refractivity contribution in [1.82, 2.24) is 10.5 Å². The van der Waals surface area contributed by atoms with E-state index in [0.29, 0.717) is 35.1 Å². The molecule has 2 aromatic carbocycles. The van der Waals surface area contributed by atoms with Crippen LogP contribution >= 0.6 is 0 Å². The Hall–Kier alpha value is -4.14. The van der Waals surface area contributed by atoms with E-state index in [-0.39, 0.29) is 36.4 Å². The monoisotopic (exact) mass is 548 g/mol. The number of benzene rings is 2. The summed E-state index contributed by atoms with van der Waals surface area (Å²) in [6.45, 7) is 11.8. The number of hydrogen-bond acceptors (Lipinski definition) is 6. The average molecular weight is 549 g/mol. The zero-order chi connectivity index (χ0) is 29.4.